The molecule has 0 radical (unpaired) electrons. The van der Waals surface area contributed by atoms with Gasteiger partial charge in [0.25, 0.3) is 5.91 Å². The number of esters is 1. The molecule has 64 heavy (non-hydrogen) atoms. The number of aliphatic carboxylic acids is 1. The van der Waals surface area contributed by atoms with Crippen LogP contribution in [0.15, 0.2) is 35.7 Å². The van der Waals surface area contributed by atoms with E-state index >= 15 is 0 Å². The summed E-state index contributed by atoms with van der Waals surface area (Å²) in [7, 11) is 5.21. The molecule has 0 bridgehead atoms. The van der Waals surface area contributed by atoms with Crippen LogP contribution in [0.4, 0.5) is 4.79 Å². The van der Waals surface area contributed by atoms with E-state index in [0.29, 0.717) is 12.8 Å². The first-order valence-electron chi connectivity index (χ1n) is 21.9. The Morgan fingerprint density at radius 2 is 1.44 bits per heavy atom. The molecule has 0 saturated heterocycles. The van der Waals surface area contributed by atoms with Crippen molar-refractivity contribution in [3.8, 4) is 0 Å². The number of aromatic nitrogens is 1. The molecular weight excluding hydrogens is 843 g/mol. The van der Waals surface area contributed by atoms with E-state index in [1.54, 1.807) is 72.5 Å². The van der Waals surface area contributed by atoms with Gasteiger partial charge in [-0.2, -0.15) is 0 Å². The van der Waals surface area contributed by atoms with E-state index in [-0.39, 0.29) is 47.2 Å². The predicted molar refractivity (Wildman–Crippen MR) is 245 cm³/mol. The Bertz CT molecular complexity index is 1900. The van der Waals surface area contributed by atoms with Crippen molar-refractivity contribution in [1.82, 2.24) is 36.1 Å². The molecule has 18 heteroatoms. The number of alkyl carbamates (subject to hydrolysis) is 1. The van der Waals surface area contributed by atoms with E-state index in [4.69, 9.17) is 9.47 Å². The molecule has 1 heterocycles. The van der Waals surface area contributed by atoms with Gasteiger partial charge in [0.1, 0.15) is 34.4 Å². The fourth-order valence-corrected chi connectivity index (χ4v) is 7.33. The van der Waals surface area contributed by atoms with Crippen molar-refractivity contribution in [3.05, 3.63) is 52.0 Å². The standard InChI is InChI=1S/C46H73N7O10S/c1-16-27(4)36(51-43(60)46(11,12)52(13)14)40(56)53(15)34(26(2)3)24-35(62-42(59)30(7)47-37(54)29(6)48-44(61)63-45(8,9)10)39-50-33(25-64-39)38(55)49-32(22-28(5)41(57)58)23-31-20-18-17-19-21-31/h17-21,25-30,32,34-36H,16,22-24H2,1-15H3,(H,47,54)(H,48,61)(H,49,55)(H,51,60)(H,57,58)/t27-,28-,29-,30-,32+,34+,35+,36-/m0/s1. The molecule has 0 fully saturated rings. The van der Waals surface area contributed by atoms with Crippen LogP contribution in [0.3, 0.4) is 0 Å². The number of ether oxygens (including phenoxy) is 2. The Morgan fingerprint density at radius 1 is 0.828 bits per heavy atom. The number of likely N-dealkylation sites (N-methyl/N-ethyl adjacent to an activating group) is 2. The monoisotopic (exact) mass is 916 g/mol. The molecule has 0 aliphatic carbocycles. The van der Waals surface area contributed by atoms with Gasteiger partial charge >= 0.3 is 18.0 Å². The Balaban J connectivity index is 2.53. The molecule has 1 aromatic heterocycles. The molecule has 8 atom stereocenters. The number of benzene rings is 1. The second-order valence-corrected chi connectivity index (χ2v) is 19.6. The van der Waals surface area contributed by atoms with Crippen LogP contribution < -0.4 is 21.3 Å². The summed E-state index contributed by atoms with van der Waals surface area (Å²) in [6, 6.07) is 5.06. The van der Waals surface area contributed by atoms with Crippen LogP contribution in [-0.4, -0.2) is 124 Å². The zero-order valence-corrected chi connectivity index (χ0v) is 41.2. The minimum Gasteiger partial charge on any atom is -0.481 e. The molecule has 358 valence electrons. The average Bonchev–Trinajstić information content (AvgIpc) is 3.70. The van der Waals surface area contributed by atoms with Crippen LogP contribution in [0.25, 0.3) is 0 Å². The average molecular weight is 916 g/mol. The van der Waals surface area contributed by atoms with E-state index in [9.17, 15) is 38.7 Å². The first-order chi connectivity index (χ1) is 29.6. The topological polar surface area (TPSA) is 226 Å². The number of carboxylic acid groups (broad SMARTS) is 1. The molecule has 2 rings (SSSR count). The number of carboxylic acids is 1. The Labute approximate surface area is 383 Å². The number of carbonyl (C=O) groups excluding carboxylic acids is 6. The third kappa shape index (κ3) is 16.8. The highest BCUT2D eigenvalue weighted by Gasteiger charge is 2.39. The predicted octanol–water partition coefficient (Wildman–Crippen LogP) is 5.34. The lowest BCUT2D eigenvalue weighted by molar-refractivity contribution is -0.155. The lowest BCUT2D eigenvalue weighted by Gasteiger charge is -2.38. The van der Waals surface area contributed by atoms with Gasteiger partial charge in [-0.1, -0.05) is 71.4 Å². The van der Waals surface area contributed by atoms with Gasteiger partial charge < -0.3 is 40.7 Å². The van der Waals surface area contributed by atoms with Gasteiger partial charge in [0.2, 0.25) is 17.7 Å². The van der Waals surface area contributed by atoms with Crippen LogP contribution in [0, 0.1) is 17.8 Å². The minimum absolute atomic E-state index is 0.0130. The Kier molecular flexibility index (Phi) is 20.9. The fraction of sp³-hybridized carbons (Fsp3) is 0.652. The van der Waals surface area contributed by atoms with Gasteiger partial charge in [0.15, 0.2) is 6.10 Å². The van der Waals surface area contributed by atoms with E-state index in [1.807, 2.05) is 58.0 Å². The number of hydrogen-bond donors (Lipinski definition) is 5. The first-order valence-corrected chi connectivity index (χ1v) is 22.8. The van der Waals surface area contributed by atoms with E-state index in [1.165, 1.54) is 19.2 Å². The minimum atomic E-state index is -1.21. The number of thiazole rings is 1. The van der Waals surface area contributed by atoms with Crippen LogP contribution in [0.1, 0.15) is 130 Å². The molecule has 5 N–H and O–H groups in total. The van der Waals surface area contributed by atoms with Crippen molar-refractivity contribution in [3.63, 3.8) is 0 Å². The maximum absolute atomic E-state index is 14.5. The molecule has 0 saturated carbocycles. The van der Waals surface area contributed by atoms with E-state index in [0.717, 1.165) is 16.9 Å². The lowest BCUT2D eigenvalue weighted by atomic mass is 9.92. The maximum atomic E-state index is 14.5. The second kappa shape index (κ2) is 24.3. The summed E-state index contributed by atoms with van der Waals surface area (Å²) in [5.41, 5.74) is -0.798. The van der Waals surface area contributed by atoms with Crippen LogP contribution >= 0.6 is 11.3 Å². The fourth-order valence-electron chi connectivity index (χ4n) is 6.49. The van der Waals surface area contributed by atoms with Gasteiger partial charge in [-0.25, -0.2) is 14.6 Å². The lowest BCUT2D eigenvalue weighted by Crippen LogP contribution is -2.60. The Morgan fingerprint density at radius 3 is 1.97 bits per heavy atom. The van der Waals surface area contributed by atoms with E-state index in [2.05, 4.69) is 26.3 Å². The summed E-state index contributed by atoms with van der Waals surface area (Å²) < 4.78 is 11.3. The number of nitrogens with one attached hydrogen (secondary N) is 4. The van der Waals surface area contributed by atoms with Crippen molar-refractivity contribution >= 4 is 53.0 Å². The molecular formula is C46H73N7O10S. The summed E-state index contributed by atoms with van der Waals surface area (Å²) in [5.74, 6) is -4.93. The normalized spacial score (nSPS) is 15.6. The summed E-state index contributed by atoms with van der Waals surface area (Å²) in [5, 5.41) is 22.4. The van der Waals surface area contributed by atoms with Gasteiger partial charge in [0.05, 0.1) is 11.5 Å². The number of amides is 5. The zero-order valence-electron chi connectivity index (χ0n) is 40.4. The Hall–Kier alpha value is -5.10. The van der Waals surface area contributed by atoms with Gasteiger partial charge in [0, 0.05) is 30.9 Å². The van der Waals surface area contributed by atoms with Gasteiger partial charge in [-0.15, -0.1) is 11.3 Å². The molecule has 17 nitrogen and oxygen atoms in total. The van der Waals surface area contributed by atoms with Crippen molar-refractivity contribution < 1.29 is 48.1 Å². The summed E-state index contributed by atoms with van der Waals surface area (Å²) in [6.07, 6.45) is -0.793. The van der Waals surface area contributed by atoms with Gasteiger partial charge in [-0.3, -0.25) is 28.9 Å². The maximum Gasteiger partial charge on any atom is 0.408 e. The first kappa shape index (κ1) is 55.0. The number of nitrogens with zero attached hydrogens (tertiary/aromatic N) is 3. The summed E-state index contributed by atoms with van der Waals surface area (Å²) in [4.78, 5) is 101. The molecule has 2 aromatic rings. The molecule has 1 aromatic carbocycles. The van der Waals surface area contributed by atoms with Crippen molar-refractivity contribution in [1.29, 1.82) is 0 Å². The van der Waals surface area contributed by atoms with Crippen LogP contribution in [-0.2, 0) is 39.9 Å². The van der Waals surface area contributed by atoms with Crippen molar-refractivity contribution in [2.45, 2.75) is 156 Å². The smallest absolute Gasteiger partial charge is 0.408 e. The molecule has 0 aliphatic rings. The molecule has 0 spiro atoms. The van der Waals surface area contributed by atoms with Crippen LogP contribution in [0.2, 0.25) is 0 Å². The SMILES string of the molecule is CC[C@H](C)[C@H](NC(=O)C(C)(C)N(C)C)C(=O)N(C)[C@H](C[C@@H](OC(=O)[C@H](C)NC(=O)[C@H](C)NC(=O)OC(C)(C)C)c1nc(C(=O)N[C@@H](Cc2ccccc2)C[C@H](C)C(=O)O)cs1)C(C)C. The third-order valence-corrected chi connectivity index (χ3v) is 12.3. The number of hydrogen-bond acceptors (Lipinski definition) is 12. The highest BCUT2D eigenvalue weighted by Crippen LogP contribution is 2.32. The quantitative estimate of drug-likeness (QED) is 0.0891. The number of carbonyl (C=O) groups is 7. The summed E-state index contributed by atoms with van der Waals surface area (Å²) in [6.45, 7) is 20.7. The van der Waals surface area contributed by atoms with Crippen LogP contribution in [0.5, 0.6) is 0 Å². The van der Waals surface area contributed by atoms with Crippen molar-refractivity contribution in [2.24, 2.45) is 17.8 Å². The molecule has 0 aliphatic heterocycles. The third-order valence-electron chi connectivity index (χ3n) is 11.4. The zero-order chi connectivity index (χ0) is 48.9. The van der Waals surface area contributed by atoms with Crippen molar-refractivity contribution in [2.75, 3.05) is 21.1 Å². The van der Waals surface area contributed by atoms with E-state index < -0.39 is 83.2 Å². The highest BCUT2D eigenvalue weighted by atomic mass is 32.1. The molecule has 5 amide bonds. The summed E-state index contributed by atoms with van der Waals surface area (Å²) >= 11 is 1.06. The largest absolute Gasteiger partial charge is 0.481 e. The van der Waals surface area contributed by atoms with Gasteiger partial charge in [-0.05, 0) is 92.8 Å². The second-order valence-electron chi connectivity index (χ2n) is 18.7. The highest BCUT2D eigenvalue weighted by molar-refractivity contribution is 7.09. The number of rotatable bonds is 23. The molecule has 0 unspecified atom stereocenters.